The van der Waals surface area contributed by atoms with E-state index in [2.05, 4.69) is 4.98 Å². The van der Waals surface area contributed by atoms with Gasteiger partial charge in [0, 0.05) is 18.8 Å². The Morgan fingerprint density at radius 3 is 2.81 bits per heavy atom. The molecule has 0 radical (unpaired) electrons. The summed E-state index contributed by atoms with van der Waals surface area (Å²) in [4.78, 5) is 31.7. The highest BCUT2D eigenvalue weighted by Gasteiger charge is 2.37. The Hall–Kier alpha value is -3.48. The summed E-state index contributed by atoms with van der Waals surface area (Å²) >= 11 is 0. The highest BCUT2D eigenvalue weighted by Crippen LogP contribution is 2.38. The molecule has 1 N–H and O–H groups in total. The van der Waals surface area contributed by atoms with E-state index in [1.807, 2.05) is 42.3 Å². The molecule has 0 unspecified atom stereocenters. The van der Waals surface area contributed by atoms with Crippen molar-refractivity contribution < 1.29 is 18.7 Å². The summed E-state index contributed by atoms with van der Waals surface area (Å²) in [5, 5.41) is 0. The van der Waals surface area contributed by atoms with E-state index in [4.69, 9.17) is 9.15 Å². The van der Waals surface area contributed by atoms with E-state index >= 15 is 0 Å². The third-order valence-electron chi connectivity index (χ3n) is 4.75. The van der Waals surface area contributed by atoms with E-state index in [0.717, 1.165) is 11.3 Å². The van der Waals surface area contributed by atoms with Crippen molar-refractivity contribution in [2.45, 2.75) is 12.7 Å². The third-order valence-corrected chi connectivity index (χ3v) is 4.75. The highest BCUT2D eigenvalue weighted by molar-refractivity contribution is 6.02. The lowest BCUT2D eigenvalue weighted by molar-refractivity contribution is 0.0594. The first-order valence-electron chi connectivity index (χ1n) is 8.52. The summed E-state index contributed by atoms with van der Waals surface area (Å²) in [5.74, 6) is 0.139. The number of amides is 1. The Balaban J connectivity index is 1.79. The number of hydrogen-bond donors (Lipinski definition) is 1. The molecule has 2 aromatic heterocycles. The van der Waals surface area contributed by atoms with Gasteiger partial charge in [0.2, 0.25) is 0 Å². The van der Waals surface area contributed by atoms with Crippen LogP contribution in [0.15, 0.2) is 59.3 Å². The fourth-order valence-electron chi connectivity index (χ4n) is 3.49. The lowest BCUT2D eigenvalue weighted by Gasteiger charge is -2.43. The number of nitrogens with one attached hydrogen (secondary N) is 1. The van der Waals surface area contributed by atoms with Crippen molar-refractivity contribution in [1.82, 2.24) is 9.88 Å². The van der Waals surface area contributed by atoms with Crippen LogP contribution in [0.5, 0.6) is 0 Å². The monoisotopic (exact) mass is 365 g/mol. The Kier molecular flexibility index (Phi) is 4.19. The number of aromatic amines is 1. The molecule has 138 valence electrons. The van der Waals surface area contributed by atoms with Gasteiger partial charge in [-0.1, -0.05) is 12.1 Å². The van der Waals surface area contributed by atoms with E-state index in [-0.39, 0.29) is 5.91 Å². The quantitative estimate of drug-likeness (QED) is 0.719. The summed E-state index contributed by atoms with van der Waals surface area (Å²) in [5.41, 5.74) is 2.59. The topological polar surface area (TPSA) is 78.8 Å². The lowest BCUT2D eigenvalue weighted by Crippen LogP contribution is -2.47. The Labute approximate surface area is 156 Å². The maximum atomic E-state index is 13.2. The van der Waals surface area contributed by atoms with Gasteiger partial charge in [0.15, 0.2) is 0 Å². The van der Waals surface area contributed by atoms with E-state index in [1.54, 1.807) is 29.5 Å². The molecule has 0 saturated carbocycles. The van der Waals surface area contributed by atoms with Gasteiger partial charge in [-0.05, 0) is 30.3 Å². The van der Waals surface area contributed by atoms with Crippen molar-refractivity contribution in [3.63, 3.8) is 0 Å². The van der Waals surface area contributed by atoms with Crippen LogP contribution >= 0.6 is 0 Å². The van der Waals surface area contributed by atoms with Crippen LogP contribution in [0, 0.1) is 0 Å². The number of methoxy groups -OCH3 is 1. The van der Waals surface area contributed by atoms with Crippen LogP contribution in [0.25, 0.3) is 0 Å². The number of aromatic nitrogens is 1. The average molecular weight is 365 g/mol. The molecule has 3 heterocycles. The molecule has 7 heteroatoms. The predicted molar refractivity (Wildman–Crippen MR) is 98.3 cm³/mol. The average Bonchev–Trinajstić information content (AvgIpc) is 3.37. The van der Waals surface area contributed by atoms with E-state index in [9.17, 15) is 9.59 Å². The third kappa shape index (κ3) is 2.87. The molecule has 0 bridgehead atoms. The van der Waals surface area contributed by atoms with Gasteiger partial charge in [-0.15, -0.1) is 0 Å². The minimum Gasteiger partial charge on any atom is -0.467 e. The number of fused-ring (bicyclic) bond motifs is 1. The van der Waals surface area contributed by atoms with Gasteiger partial charge in [-0.2, -0.15) is 0 Å². The minimum atomic E-state index is -0.455. The molecule has 3 aromatic rings. The molecule has 0 saturated heterocycles. The molecule has 27 heavy (non-hydrogen) atoms. The number of ether oxygens (including phenoxy) is 1. The molecule has 1 aliphatic rings. The number of esters is 1. The van der Waals surface area contributed by atoms with Crippen molar-refractivity contribution >= 4 is 17.6 Å². The van der Waals surface area contributed by atoms with E-state index in [1.165, 1.54) is 7.11 Å². The number of carbonyl (C=O) groups is 2. The van der Waals surface area contributed by atoms with Crippen LogP contribution in [0.4, 0.5) is 5.69 Å². The fourth-order valence-corrected chi connectivity index (χ4v) is 3.49. The second-order valence-corrected chi connectivity index (χ2v) is 6.35. The smallest absolute Gasteiger partial charge is 0.354 e. The van der Waals surface area contributed by atoms with Crippen LogP contribution in [0.2, 0.25) is 0 Å². The number of furan rings is 1. The molecule has 4 rings (SSSR count). The molecular weight excluding hydrogens is 346 g/mol. The summed E-state index contributed by atoms with van der Waals surface area (Å²) in [7, 11) is 3.26. The summed E-state index contributed by atoms with van der Waals surface area (Å²) in [6.45, 7) is 0.313. The zero-order valence-corrected chi connectivity index (χ0v) is 15.0. The van der Waals surface area contributed by atoms with Gasteiger partial charge >= 0.3 is 5.97 Å². The van der Waals surface area contributed by atoms with Gasteiger partial charge in [0.25, 0.3) is 5.91 Å². The van der Waals surface area contributed by atoms with Gasteiger partial charge in [0.05, 0.1) is 31.2 Å². The van der Waals surface area contributed by atoms with Crippen LogP contribution in [0.3, 0.4) is 0 Å². The molecule has 1 amide bonds. The minimum absolute atomic E-state index is 0.0917. The van der Waals surface area contributed by atoms with Gasteiger partial charge in [-0.25, -0.2) is 4.79 Å². The largest absolute Gasteiger partial charge is 0.467 e. The summed E-state index contributed by atoms with van der Waals surface area (Å²) < 4.78 is 10.2. The maximum absolute atomic E-state index is 13.2. The molecular formula is C20H19N3O4. The summed E-state index contributed by atoms with van der Waals surface area (Å²) in [6.07, 6.45) is 2.92. The molecule has 1 aliphatic heterocycles. The Bertz CT molecular complexity index is 977. The zero-order valence-electron chi connectivity index (χ0n) is 15.0. The van der Waals surface area contributed by atoms with E-state index < -0.39 is 12.1 Å². The van der Waals surface area contributed by atoms with Gasteiger partial charge in [-0.3, -0.25) is 4.79 Å². The van der Waals surface area contributed by atoms with Crippen molar-refractivity contribution in [3.05, 3.63) is 77.5 Å². The van der Waals surface area contributed by atoms with Crippen LogP contribution in [0.1, 0.15) is 38.3 Å². The number of anilines is 1. The predicted octanol–water partition coefficient (Wildman–Crippen LogP) is 3.19. The molecule has 7 nitrogen and oxygen atoms in total. The van der Waals surface area contributed by atoms with Crippen molar-refractivity contribution in [2.24, 2.45) is 0 Å². The second kappa shape index (κ2) is 6.68. The van der Waals surface area contributed by atoms with Crippen LogP contribution < -0.4 is 4.90 Å². The first-order valence-corrected chi connectivity index (χ1v) is 8.52. The fraction of sp³-hybridized carbons (Fsp3) is 0.200. The number of rotatable bonds is 4. The molecule has 0 fully saturated rings. The first-order chi connectivity index (χ1) is 13.1. The Morgan fingerprint density at radius 1 is 1.26 bits per heavy atom. The molecule has 1 aromatic carbocycles. The SMILES string of the molecule is COC(=O)c1cc([C@@H]2N(Cc3ccco3)C(=O)c3ccccc3N2C)c[nH]1. The zero-order chi connectivity index (χ0) is 19.0. The standard InChI is InChI=1S/C20H19N3O4/c1-22-17-8-4-3-7-15(17)19(24)23(12-14-6-5-9-27-14)18(22)13-10-16(21-11-13)20(25)26-2/h3-11,18,21H,12H2,1-2H3/t18-/m0/s1. The second-order valence-electron chi connectivity index (χ2n) is 6.35. The number of carbonyl (C=O) groups excluding carboxylic acids is 2. The lowest BCUT2D eigenvalue weighted by atomic mass is 10.0. The number of H-pyrrole nitrogens is 1. The first kappa shape index (κ1) is 17.0. The van der Waals surface area contributed by atoms with Gasteiger partial charge < -0.3 is 23.9 Å². The molecule has 0 aliphatic carbocycles. The van der Waals surface area contributed by atoms with Gasteiger partial charge in [0.1, 0.15) is 17.6 Å². The van der Waals surface area contributed by atoms with E-state index in [0.29, 0.717) is 23.6 Å². The number of para-hydroxylation sites is 1. The number of nitrogens with zero attached hydrogens (tertiary/aromatic N) is 2. The summed E-state index contributed by atoms with van der Waals surface area (Å²) in [6, 6.07) is 12.8. The maximum Gasteiger partial charge on any atom is 0.354 e. The highest BCUT2D eigenvalue weighted by atomic mass is 16.5. The number of hydrogen-bond acceptors (Lipinski definition) is 5. The Morgan fingerprint density at radius 2 is 2.07 bits per heavy atom. The number of benzene rings is 1. The van der Waals surface area contributed by atoms with Crippen LogP contribution in [-0.2, 0) is 11.3 Å². The van der Waals surface area contributed by atoms with Crippen molar-refractivity contribution in [2.75, 3.05) is 19.1 Å². The van der Waals surface area contributed by atoms with Crippen molar-refractivity contribution in [1.29, 1.82) is 0 Å². The molecule has 1 atom stereocenters. The van der Waals surface area contributed by atoms with Crippen LogP contribution in [-0.4, -0.2) is 35.9 Å². The molecule has 0 spiro atoms. The van der Waals surface area contributed by atoms with Crippen molar-refractivity contribution in [3.8, 4) is 0 Å². The normalized spacial score (nSPS) is 16.4.